The molecule has 1 N–H and O–H groups in total. The third-order valence-corrected chi connectivity index (χ3v) is 4.97. The third kappa shape index (κ3) is 4.82. The molecule has 0 saturated heterocycles. The van der Waals surface area contributed by atoms with Gasteiger partial charge in [-0.05, 0) is 51.8 Å². The summed E-state index contributed by atoms with van der Waals surface area (Å²) in [7, 11) is 0. The van der Waals surface area contributed by atoms with E-state index in [1.165, 1.54) is 5.56 Å². The van der Waals surface area contributed by atoms with Crippen LogP contribution in [0.1, 0.15) is 42.9 Å². The molecule has 3 rings (SSSR count). The Labute approximate surface area is 158 Å². The summed E-state index contributed by atoms with van der Waals surface area (Å²) in [5, 5.41) is 3.89. The molecule has 0 bridgehead atoms. The topological polar surface area (TPSA) is 51.2 Å². The van der Waals surface area contributed by atoms with Gasteiger partial charge < -0.3 is 10.1 Å². The van der Waals surface area contributed by atoms with Crippen molar-refractivity contribution in [3.05, 3.63) is 64.7 Å². The summed E-state index contributed by atoms with van der Waals surface area (Å²) in [4.78, 5) is 17.1. The predicted molar refractivity (Wildman–Crippen MR) is 107 cm³/mol. The maximum absolute atomic E-state index is 12.4. The Kier molecular flexibility index (Phi) is 5.28. The molecule has 1 aromatic heterocycles. The standard InChI is InChI=1S/C21H24N2O2S/c1-14-8-7-9-15(12-14)13-17(23-20(24)25-21(2,3)4)19-22-16-10-5-6-11-18(16)26-19/h5-12,17H,13H2,1-4H3,(H,23,24). The number of para-hydroxylation sites is 1. The van der Waals surface area contributed by atoms with E-state index >= 15 is 0 Å². The van der Waals surface area contributed by atoms with Crippen LogP contribution >= 0.6 is 11.3 Å². The Morgan fingerprint density at radius 2 is 1.96 bits per heavy atom. The van der Waals surface area contributed by atoms with E-state index in [0.29, 0.717) is 6.42 Å². The first-order valence-corrected chi connectivity index (χ1v) is 9.52. The first kappa shape index (κ1) is 18.4. The van der Waals surface area contributed by atoms with Crippen molar-refractivity contribution in [1.82, 2.24) is 10.3 Å². The summed E-state index contributed by atoms with van der Waals surface area (Å²) in [5.74, 6) is 0. The molecule has 4 nitrogen and oxygen atoms in total. The van der Waals surface area contributed by atoms with E-state index in [-0.39, 0.29) is 6.04 Å². The van der Waals surface area contributed by atoms with Crippen LogP contribution in [0.3, 0.4) is 0 Å². The number of benzene rings is 2. The van der Waals surface area contributed by atoms with Gasteiger partial charge in [0.05, 0.1) is 16.3 Å². The smallest absolute Gasteiger partial charge is 0.408 e. The molecule has 1 unspecified atom stereocenters. The van der Waals surface area contributed by atoms with Crippen LogP contribution in [-0.4, -0.2) is 16.7 Å². The fourth-order valence-corrected chi connectivity index (χ4v) is 3.78. The highest BCUT2D eigenvalue weighted by atomic mass is 32.1. The van der Waals surface area contributed by atoms with Crippen molar-refractivity contribution in [3.63, 3.8) is 0 Å². The molecule has 5 heteroatoms. The summed E-state index contributed by atoms with van der Waals surface area (Å²) in [5.41, 5.74) is 2.77. The number of ether oxygens (including phenoxy) is 1. The number of fused-ring (bicyclic) bond motifs is 1. The highest BCUT2D eigenvalue weighted by Crippen LogP contribution is 2.29. The molecule has 0 aliphatic rings. The average Bonchev–Trinajstić information content (AvgIpc) is 2.96. The van der Waals surface area contributed by atoms with Crippen LogP contribution in [0.5, 0.6) is 0 Å². The number of carbonyl (C=O) groups excluding carboxylic acids is 1. The Hall–Kier alpha value is -2.40. The number of alkyl carbamates (subject to hydrolysis) is 1. The van der Waals surface area contributed by atoms with Crippen molar-refractivity contribution in [2.75, 3.05) is 0 Å². The molecule has 0 aliphatic carbocycles. The number of amides is 1. The number of aryl methyl sites for hydroxylation is 1. The second-order valence-corrected chi connectivity index (χ2v) is 8.47. The molecule has 1 heterocycles. The summed E-state index contributed by atoms with van der Waals surface area (Å²) in [6, 6.07) is 16.1. The Bertz CT molecular complexity index is 879. The Morgan fingerprint density at radius 3 is 2.65 bits per heavy atom. The quantitative estimate of drug-likeness (QED) is 0.669. The lowest BCUT2D eigenvalue weighted by atomic mass is 10.0. The minimum atomic E-state index is -0.536. The van der Waals surface area contributed by atoms with E-state index in [2.05, 4.69) is 30.4 Å². The number of nitrogens with one attached hydrogen (secondary N) is 1. The summed E-state index contributed by atoms with van der Waals surface area (Å²) in [6.07, 6.45) is 0.246. The lowest BCUT2D eigenvalue weighted by molar-refractivity contribution is 0.0503. The fourth-order valence-electron chi connectivity index (χ4n) is 2.76. The summed E-state index contributed by atoms with van der Waals surface area (Å²) < 4.78 is 6.57. The lowest BCUT2D eigenvalue weighted by Gasteiger charge is -2.23. The molecule has 136 valence electrons. The van der Waals surface area contributed by atoms with Crippen LogP contribution in [0.15, 0.2) is 48.5 Å². The first-order chi connectivity index (χ1) is 12.3. The van der Waals surface area contributed by atoms with Crippen molar-refractivity contribution < 1.29 is 9.53 Å². The third-order valence-electron chi connectivity index (χ3n) is 3.82. The zero-order valence-electron chi connectivity index (χ0n) is 15.6. The highest BCUT2D eigenvalue weighted by molar-refractivity contribution is 7.18. The van der Waals surface area contributed by atoms with Gasteiger partial charge in [-0.25, -0.2) is 9.78 Å². The molecule has 0 spiro atoms. The highest BCUT2D eigenvalue weighted by Gasteiger charge is 2.23. The van der Waals surface area contributed by atoms with E-state index < -0.39 is 11.7 Å². The van der Waals surface area contributed by atoms with E-state index in [4.69, 9.17) is 9.72 Å². The molecular weight excluding hydrogens is 344 g/mol. The largest absolute Gasteiger partial charge is 0.444 e. The van der Waals surface area contributed by atoms with Gasteiger partial charge >= 0.3 is 6.09 Å². The number of carbonyl (C=O) groups is 1. The number of hydrogen-bond donors (Lipinski definition) is 1. The van der Waals surface area contributed by atoms with Crippen LogP contribution in [0.25, 0.3) is 10.2 Å². The van der Waals surface area contributed by atoms with Crippen molar-refractivity contribution in [2.45, 2.75) is 45.8 Å². The number of aromatic nitrogens is 1. The molecule has 0 aliphatic heterocycles. The van der Waals surface area contributed by atoms with Gasteiger partial charge in [0, 0.05) is 0 Å². The molecule has 0 fully saturated rings. The first-order valence-electron chi connectivity index (χ1n) is 8.71. The summed E-state index contributed by atoms with van der Waals surface area (Å²) >= 11 is 1.61. The van der Waals surface area contributed by atoms with Crippen LogP contribution in [0, 0.1) is 6.92 Å². The van der Waals surface area contributed by atoms with Crippen molar-refractivity contribution in [1.29, 1.82) is 0 Å². The van der Waals surface area contributed by atoms with E-state index in [9.17, 15) is 4.79 Å². The SMILES string of the molecule is Cc1cccc(CC(NC(=O)OC(C)(C)C)c2nc3ccccc3s2)c1. The van der Waals surface area contributed by atoms with E-state index in [1.807, 2.05) is 51.1 Å². The fraction of sp³-hybridized carbons (Fsp3) is 0.333. The molecule has 26 heavy (non-hydrogen) atoms. The van der Waals surface area contributed by atoms with Gasteiger partial charge in [-0.3, -0.25) is 0 Å². The lowest BCUT2D eigenvalue weighted by Crippen LogP contribution is -2.35. The zero-order valence-corrected chi connectivity index (χ0v) is 16.4. The number of hydrogen-bond acceptors (Lipinski definition) is 4. The van der Waals surface area contributed by atoms with Crippen molar-refractivity contribution in [2.24, 2.45) is 0 Å². The monoisotopic (exact) mass is 368 g/mol. The second kappa shape index (κ2) is 7.46. The molecule has 3 aromatic rings. The van der Waals surface area contributed by atoms with Gasteiger partial charge in [0.1, 0.15) is 10.6 Å². The molecular formula is C21H24N2O2S. The van der Waals surface area contributed by atoms with Gasteiger partial charge in [-0.15, -0.1) is 11.3 Å². The maximum Gasteiger partial charge on any atom is 0.408 e. The Morgan fingerprint density at radius 1 is 1.19 bits per heavy atom. The molecule has 2 aromatic carbocycles. The molecule has 0 saturated carbocycles. The molecule has 0 radical (unpaired) electrons. The Balaban J connectivity index is 1.88. The van der Waals surface area contributed by atoms with Crippen molar-refractivity contribution in [3.8, 4) is 0 Å². The van der Waals surface area contributed by atoms with Crippen molar-refractivity contribution >= 4 is 27.6 Å². The van der Waals surface area contributed by atoms with Crippen LogP contribution in [0.2, 0.25) is 0 Å². The molecule has 1 amide bonds. The van der Waals surface area contributed by atoms with E-state index in [1.54, 1.807) is 11.3 Å². The second-order valence-electron chi connectivity index (χ2n) is 7.41. The molecule has 1 atom stereocenters. The number of nitrogens with zero attached hydrogens (tertiary/aromatic N) is 1. The zero-order chi connectivity index (χ0) is 18.7. The predicted octanol–water partition coefficient (Wildman–Crippen LogP) is 5.41. The van der Waals surface area contributed by atoms with Gasteiger partial charge in [0.15, 0.2) is 0 Å². The van der Waals surface area contributed by atoms with Crippen LogP contribution in [-0.2, 0) is 11.2 Å². The van der Waals surface area contributed by atoms with Gasteiger partial charge in [-0.1, -0.05) is 42.0 Å². The normalized spacial score (nSPS) is 12.8. The van der Waals surface area contributed by atoms with Gasteiger partial charge in [-0.2, -0.15) is 0 Å². The van der Waals surface area contributed by atoms with Crippen LogP contribution in [0.4, 0.5) is 4.79 Å². The van der Waals surface area contributed by atoms with Gasteiger partial charge in [0.2, 0.25) is 0 Å². The van der Waals surface area contributed by atoms with Gasteiger partial charge in [0.25, 0.3) is 0 Å². The van der Waals surface area contributed by atoms with E-state index in [0.717, 1.165) is 20.8 Å². The van der Waals surface area contributed by atoms with Crippen LogP contribution < -0.4 is 5.32 Å². The summed E-state index contributed by atoms with van der Waals surface area (Å²) in [6.45, 7) is 7.65. The minimum Gasteiger partial charge on any atom is -0.444 e. The maximum atomic E-state index is 12.4. The number of rotatable bonds is 4. The minimum absolute atomic E-state index is 0.232. The average molecular weight is 369 g/mol. The number of thiazole rings is 1.